The summed E-state index contributed by atoms with van der Waals surface area (Å²) in [5, 5.41) is 26.3. The summed E-state index contributed by atoms with van der Waals surface area (Å²) in [7, 11) is 7.30. The van der Waals surface area contributed by atoms with Crippen LogP contribution in [-0.2, 0) is 38.2 Å². The van der Waals surface area contributed by atoms with Gasteiger partial charge in [0.05, 0.1) is 45.1 Å². The zero-order valence-corrected chi connectivity index (χ0v) is 33.3. The van der Waals surface area contributed by atoms with Crippen LogP contribution in [-0.4, -0.2) is 155 Å². The Bertz CT molecular complexity index is 964. The Morgan fingerprint density at radius 1 is 0.453 bits per heavy atom. The van der Waals surface area contributed by atoms with E-state index < -0.39 is 18.0 Å². The molecule has 0 saturated carbocycles. The molecule has 0 aliphatic carbocycles. The quantitative estimate of drug-likeness (QED) is 0.0345. The van der Waals surface area contributed by atoms with Crippen molar-refractivity contribution in [2.24, 2.45) is 0 Å². The Morgan fingerprint density at radius 3 is 1.40 bits per heavy atom. The second-order valence-corrected chi connectivity index (χ2v) is 12.8. The van der Waals surface area contributed by atoms with Crippen molar-refractivity contribution in [2.45, 2.75) is 95.7 Å². The van der Waals surface area contributed by atoms with Crippen molar-refractivity contribution in [3.8, 4) is 0 Å². The van der Waals surface area contributed by atoms with Crippen molar-refractivity contribution in [1.82, 2.24) is 47.9 Å². The van der Waals surface area contributed by atoms with Crippen molar-refractivity contribution in [1.29, 1.82) is 0 Å². The van der Waals surface area contributed by atoms with Crippen LogP contribution in [0.3, 0.4) is 0 Å². The van der Waals surface area contributed by atoms with Gasteiger partial charge in [-0.2, -0.15) is 0 Å². The summed E-state index contributed by atoms with van der Waals surface area (Å²) in [6, 6.07) is -1.53. The molecular weight excluding hydrogens is 686 g/mol. The van der Waals surface area contributed by atoms with Gasteiger partial charge in [-0.25, -0.2) is 0 Å². The summed E-state index contributed by atoms with van der Waals surface area (Å²) in [6.45, 7) is 7.24. The standard InChI is InChI=1S/C36H73N9O8/c1-29(46)41-20-12-22-51-24-26-53-27-25-52-23-13-21-42-33(47)28-44-35(49)32(45-36(50)31(40-5)15-7-10-18-38-3)16-8-11-19-43-34(48)30(39-4)14-6-9-17-37-2/h30-32,37-40H,6-28H2,1-5H3,(H,41,46)(H,42,47)(H,43,48)(H,44,49)(H,45,50)/t30-,31-,32+/m0/s1. The topological polar surface area (TPSA) is 221 Å². The second kappa shape index (κ2) is 36.1. The van der Waals surface area contributed by atoms with Gasteiger partial charge in [0, 0.05) is 39.8 Å². The van der Waals surface area contributed by atoms with Gasteiger partial charge in [0.25, 0.3) is 0 Å². The number of rotatable bonds is 37. The molecule has 0 rings (SSSR count). The molecule has 3 atom stereocenters. The fraction of sp³-hybridized carbons (Fsp3) is 0.861. The van der Waals surface area contributed by atoms with E-state index in [0.717, 1.165) is 51.6 Å². The van der Waals surface area contributed by atoms with E-state index in [1.54, 1.807) is 14.1 Å². The monoisotopic (exact) mass is 760 g/mol. The number of carbonyl (C=O) groups excluding carboxylic acids is 5. The molecule has 0 aromatic carbocycles. The molecule has 0 aliphatic rings. The van der Waals surface area contributed by atoms with E-state index in [4.69, 9.17) is 14.2 Å². The molecule has 0 heterocycles. The average molecular weight is 760 g/mol. The number of amides is 5. The highest BCUT2D eigenvalue weighted by Crippen LogP contribution is 2.06. The third-order valence-electron chi connectivity index (χ3n) is 8.32. The molecule has 9 N–H and O–H groups in total. The van der Waals surface area contributed by atoms with Crippen molar-refractivity contribution in [2.75, 3.05) is 107 Å². The molecular formula is C36H73N9O8. The molecule has 17 heteroatoms. The molecule has 0 radical (unpaired) electrons. The smallest absolute Gasteiger partial charge is 0.243 e. The van der Waals surface area contributed by atoms with Crippen LogP contribution in [0.25, 0.3) is 0 Å². The molecule has 0 unspecified atom stereocenters. The maximum atomic E-state index is 13.2. The minimum Gasteiger partial charge on any atom is -0.379 e. The van der Waals surface area contributed by atoms with E-state index in [0.29, 0.717) is 91.4 Å². The number of ether oxygens (including phenoxy) is 3. The first kappa shape index (κ1) is 50.1. The third-order valence-corrected chi connectivity index (χ3v) is 8.32. The van der Waals surface area contributed by atoms with Crippen LogP contribution >= 0.6 is 0 Å². The predicted octanol–water partition coefficient (Wildman–Crippen LogP) is -1.09. The fourth-order valence-corrected chi connectivity index (χ4v) is 5.20. The van der Waals surface area contributed by atoms with Gasteiger partial charge in [0.1, 0.15) is 6.04 Å². The van der Waals surface area contributed by atoms with Crippen LogP contribution in [0.5, 0.6) is 0 Å². The summed E-state index contributed by atoms with van der Waals surface area (Å²) in [5.74, 6) is -1.14. The summed E-state index contributed by atoms with van der Waals surface area (Å²) in [4.78, 5) is 62.2. The highest BCUT2D eigenvalue weighted by molar-refractivity contribution is 5.91. The van der Waals surface area contributed by atoms with Crippen LogP contribution in [0.1, 0.15) is 77.6 Å². The summed E-state index contributed by atoms with van der Waals surface area (Å²) >= 11 is 0. The lowest BCUT2D eigenvalue weighted by Gasteiger charge is -2.22. The van der Waals surface area contributed by atoms with Crippen molar-refractivity contribution < 1.29 is 38.2 Å². The maximum absolute atomic E-state index is 13.2. The van der Waals surface area contributed by atoms with Gasteiger partial charge in [-0.1, -0.05) is 12.8 Å². The molecule has 0 aromatic rings. The van der Waals surface area contributed by atoms with Gasteiger partial charge in [-0.3, -0.25) is 24.0 Å². The van der Waals surface area contributed by atoms with Gasteiger partial charge >= 0.3 is 0 Å². The highest BCUT2D eigenvalue weighted by Gasteiger charge is 2.25. The Balaban J connectivity index is 4.56. The number of nitrogens with one attached hydrogen (secondary N) is 9. The average Bonchev–Trinajstić information content (AvgIpc) is 3.14. The molecule has 310 valence electrons. The van der Waals surface area contributed by atoms with Crippen LogP contribution in [0.15, 0.2) is 0 Å². The van der Waals surface area contributed by atoms with Gasteiger partial charge in [-0.15, -0.1) is 0 Å². The number of carbonyl (C=O) groups is 5. The number of hydrogen-bond donors (Lipinski definition) is 9. The van der Waals surface area contributed by atoms with E-state index in [2.05, 4.69) is 47.9 Å². The molecule has 17 nitrogen and oxygen atoms in total. The Labute approximate surface area is 318 Å². The molecule has 0 bridgehead atoms. The SMILES string of the molecule is CNCCCC[C@H](NC)C(=O)NCCCC[C@@H](NC(=O)[C@H](CCCCNC)NC)C(=O)NCC(=O)NCCCOCCOCCOCCCNC(C)=O. The Kier molecular flexibility index (Phi) is 34.1. The normalized spacial score (nSPS) is 12.8. The van der Waals surface area contributed by atoms with E-state index >= 15 is 0 Å². The van der Waals surface area contributed by atoms with Gasteiger partial charge in [0.15, 0.2) is 0 Å². The minimum absolute atomic E-state index is 0.0493. The highest BCUT2D eigenvalue weighted by atomic mass is 16.5. The van der Waals surface area contributed by atoms with Gasteiger partial charge in [0.2, 0.25) is 29.5 Å². The Morgan fingerprint density at radius 2 is 0.887 bits per heavy atom. The first-order valence-electron chi connectivity index (χ1n) is 19.4. The van der Waals surface area contributed by atoms with Crippen LogP contribution in [0.4, 0.5) is 0 Å². The number of likely N-dealkylation sites (N-methyl/N-ethyl adjacent to an activating group) is 2. The molecule has 0 fully saturated rings. The molecule has 0 saturated heterocycles. The van der Waals surface area contributed by atoms with Gasteiger partial charge in [-0.05, 0) is 99.1 Å². The van der Waals surface area contributed by atoms with E-state index in [-0.39, 0.29) is 36.2 Å². The van der Waals surface area contributed by atoms with E-state index in [1.807, 2.05) is 14.1 Å². The molecule has 5 amide bonds. The lowest BCUT2D eigenvalue weighted by atomic mass is 10.1. The summed E-state index contributed by atoms with van der Waals surface area (Å²) < 4.78 is 16.4. The molecule has 0 aromatic heterocycles. The summed E-state index contributed by atoms with van der Waals surface area (Å²) in [5.41, 5.74) is 0. The van der Waals surface area contributed by atoms with Crippen LogP contribution in [0.2, 0.25) is 0 Å². The lowest BCUT2D eigenvalue weighted by Crippen LogP contribution is -2.53. The number of unbranched alkanes of at least 4 members (excludes halogenated alkanes) is 3. The maximum Gasteiger partial charge on any atom is 0.243 e. The molecule has 0 spiro atoms. The van der Waals surface area contributed by atoms with Crippen LogP contribution < -0.4 is 47.9 Å². The van der Waals surface area contributed by atoms with Gasteiger partial charge < -0.3 is 62.1 Å². The first-order chi connectivity index (χ1) is 25.7. The fourth-order valence-electron chi connectivity index (χ4n) is 5.20. The first-order valence-corrected chi connectivity index (χ1v) is 19.4. The van der Waals surface area contributed by atoms with E-state index in [9.17, 15) is 24.0 Å². The van der Waals surface area contributed by atoms with Crippen molar-refractivity contribution in [3.05, 3.63) is 0 Å². The summed E-state index contributed by atoms with van der Waals surface area (Å²) in [6.07, 6.45) is 8.01. The zero-order valence-electron chi connectivity index (χ0n) is 33.3. The molecule has 53 heavy (non-hydrogen) atoms. The van der Waals surface area contributed by atoms with Crippen LogP contribution in [0, 0.1) is 0 Å². The minimum atomic E-state index is -0.825. The lowest BCUT2D eigenvalue weighted by molar-refractivity contribution is -0.131. The molecule has 0 aliphatic heterocycles. The third kappa shape index (κ3) is 30.1. The van der Waals surface area contributed by atoms with Crippen molar-refractivity contribution in [3.63, 3.8) is 0 Å². The van der Waals surface area contributed by atoms with Crippen molar-refractivity contribution >= 4 is 29.5 Å². The number of hydrogen-bond acceptors (Lipinski definition) is 12. The van der Waals surface area contributed by atoms with E-state index in [1.165, 1.54) is 6.92 Å². The zero-order chi connectivity index (χ0) is 39.4. The largest absolute Gasteiger partial charge is 0.379 e. The predicted molar refractivity (Wildman–Crippen MR) is 206 cm³/mol. The second-order valence-electron chi connectivity index (χ2n) is 12.8. The Hall–Kier alpha value is -2.93.